The van der Waals surface area contributed by atoms with Crippen LogP contribution in [0.25, 0.3) is 0 Å². The lowest BCUT2D eigenvalue weighted by atomic mass is 10.1. The van der Waals surface area contributed by atoms with Crippen molar-refractivity contribution < 1.29 is 14.3 Å². The van der Waals surface area contributed by atoms with Crippen LogP contribution in [0.1, 0.15) is 21.5 Å². The molecule has 4 heteroatoms. The summed E-state index contributed by atoms with van der Waals surface area (Å²) in [6.45, 7) is 0.884. The zero-order valence-electron chi connectivity index (χ0n) is 14.6. The molecule has 0 bridgehead atoms. The number of carbonyl (C=O) groups excluding carboxylic acids is 1. The van der Waals surface area contributed by atoms with E-state index in [4.69, 9.17) is 9.47 Å². The van der Waals surface area contributed by atoms with Gasteiger partial charge in [-0.05, 0) is 35.9 Å². The van der Waals surface area contributed by atoms with E-state index >= 15 is 0 Å². The highest BCUT2D eigenvalue weighted by Crippen LogP contribution is 2.17. The van der Waals surface area contributed by atoms with E-state index in [-0.39, 0.29) is 5.91 Å². The van der Waals surface area contributed by atoms with Gasteiger partial charge in [-0.1, -0.05) is 48.5 Å². The maximum absolute atomic E-state index is 12.3. The fourth-order valence-corrected chi connectivity index (χ4v) is 2.56. The van der Waals surface area contributed by atoms with Gasteiger partial charge in [0.25, 0.3) is 5.91 Å². The zero-order chi connectivity index (χ0) is 18.2. The number of methoxy groups -OCH3 is 1. The summed E-state index contributed by atoms with van der Waals surface area (Å²) in [6.07, 6.45) is 0. The number of nitrogens with one attached hydrogen (secondary N) is 1. The summed E-state index contributed by atoms with van der Waals surface area (Å²) in [5.41, 5.74) is 2.56. The third kappa shape index (κ3) is 4.63. The van der Waals surface area contributed by atoms with Gasteiger partial charge >= 0.3 is 0 Å². The molecule has 1 amide bonds. The summed E-state index contributed by atoms with van der Waals surface area (Å²) < 4.78 is 11.0. The number of hydrogen-bond donors (Lipinski definition) is 1. The van der Waals surface area contributed by atoms with Crippen molar-refractivity contribution in [2.45, 2.75) is 13.2 Å². The van der Waals surface area contributed by atoms with Crippen molar-refractivity contribution in [3.05, 3.63) is 95.6 Å². The Morgan fingerprint density at radius 1 is 0.885 bits per heavy atom. The topological polar surface area (TPSA) is 47.6 Å². The van der Waals surface area contributed by atoms with Crippen LogP contribution in [0.5, 0.6) is 11.5 Å². The molecule has 0 saturated heterocycles. The number of rotatable bonds is 7. The Labute approximate surface area is 153 Å². The quantitative estimate of drug-likeness (QED) is 0.697. The van der Waals surface area contributed by atoms with Gasteiger partial charge in [0.2, 0.25) is 0 Å². The van der Waals surface area contributed by atoms with Crippen molar-refractivity contribution in [2.75, 3.05) is 7.11 Å². The zero-order valence-corrected chi connectivity index (χ0v) is 14.6. The molecular formula is C22H21NO3. The van der Waals surface area contributed by atoms with Crippen LogP contribution in [-0.4, -0.2) is 13.0 Å². The molecule has 0 heterocycles. The fraction of sp³-hybridized carbons (Fsp3) is 0.136. The van der Waals surface area contributed by atoms with E-state index in [0.29, 0.717) is 18.7 Å². The van der Waals surface area contributed by atoms with Crippen LogP contribution in [0, 0.1) is 0 Å². The Morgan fingerprint density at radius 2 is 1.58 bits per heavy atom. The Morgan fingerprint density at radius 3 is 2.31 bits per heavy atom. The highest BCUT2D eigenvalue weighted by atomic mass is 16.5. The lowest BCUT2D eigenvalue weighted by molar-refractivity contribution is 0.0950. The standard InChI is InChI=1S/C22H21NO3/c1-25-21-10-6-5-7-19(21)15-23-22(24)18-13-11-17(12-14-18)16-26-20-8-3-2-4-9-20/h2-14H,15-16H2,1H3,(H,23,24). The van der Waals surface area contributed by atoms with Gasteiger partial charge in [-0.15, -0.1) is 0 Å². The van der Waals surface area contributed by atoms with Gasteiger partial charge in [0.15, 0.2) is 0 Å². The molecule has 0 radical (unpaired) electrons. The van der Waals surface area contributed by atoms with Crippen molar-refractivity contribution in [1.82, 2.24) is 5.32 Å². The molecule has 3 aromatic rings. The van der Waals surface area contributed by atoms with E-state index in [0.717, 1.165) is 22.6 Å². The molecule has 0 atom stereocenters. The first kappa shape index (κ1) is 17.5. The van der Waals surface area contributed by atoms with Gasteiger partial charge in [0.05, 0.1) is 7.11 Å². The van der Waals surface area contributed by atoms with Gasteiger partial charge in [0, 0.05) is 17.7 Å². The SMILES string of the molecule is COc1ccccc1CNC(=O)c1ccc(COc2ccccc2)cc1. The van der Waals surface area contributed by atoms with Crippen molar-refractivity contribution in [2.24, 2.45) is 0 Å². The van der Waals surface area contributed by atoms with Crippen molar-refractivity contribution in [3.63, 3.8) is 0 Å². The first-order valence-electron chi connectivity index (χ1n) is 8.43. The second-order valence-electron chi connectivity index (χ2n) is 5.79. The van der Waals surface area contributed by atoms with E-state index in [1.807, 2.05) is 66.7 Å². The summed E-state index contributed by atoms with van der Waals surface area (Å²) in [5.74, 6) is 1.47. The third-order valence-corrected chi connectivity index (χ3v) is 4.00. The summed E-state index contributed by atoms with van der Waals surface area (Å²) in [7, 11) is 1.62. The van der Waals surface area contributed by atoms with Crippen LogP contribution in [0.15, 0.2) is 78.9 Å². The Kier molecular flexibility index (Phi) is 5.88. The summed E-state index contributed by atoms with van der Waals surface area (Å²) in [4.78, 5) is 12.3. The molecule has 4 nitrogen and oxygen atoms in total. The van der Waals surface area contributed by atoms with E-state index < -0.39 is 0 Å². The molecule has 0 aliphatic carbocycles. The van der Waals surface area contributed by atoms with Crippen LogP contribution in [-0.2, 0) is 13.2 Å². The molecular weight excluding hydrogens is 326 g/mol. The predicted octanol–water partition coefficient (Wildman–Crippen LogP) is 4.20. The Balaban J connectivity index is 1.55. The van der Waals surface area contributed by atoms with E-state index in [1.54, 1.807) is 19.2 Å². The van der Waals surface area contributed by atoms with E-state index in [2.05, 4.69) is 5.32 Å². The third-order valence-electron chi connectivity index (χ3n) is 4.00. The number of carbonyl (C=O) groups is 1. The molecule has 3 rings (SSSR count). The minimum absolute atomic E-state index is 0.119. The average Bonchev–Trinajstić information content (AvgIpc) is 2.72. The molecule has 0 spiro atoms. The van der Waals surface area contributed by atoms with Gasteiger partial charge in [-0.2, -0.15) is 0 Å². The van der Waals surface area contributed by atoms with Gasteiger partial charge in [-0.25, -0.2) is 0 Å². The van der Waals surface area contributed by atoms with Crippen molar-refractivity contribution in [1.29, 1.82) is 0 Å². The average molecular weight is 347 g/mol. The summed E-state index contributed by atoms with van der Waals surface area (Å²) >= 11 is 0. The molecule has 3 aromatic carbocycles. The van der Waals surface area contributed by atoms with Crippen molar-refractivity contribution in [3.8, 4) is 11.5 Å². The Hall–Kier alpha value is -3.27. The van der Waals surface area contributed by atoms with Crippen LogP contribution in [0.4, 0.5) is 0 Å². The molecule has 1 N–H and O–H groups in total. The van der Waals surface area contributed by atoms with Gasteiger partial charge in [0.1, 0.15) is 18.1 Å². The molecule has 26 heavy (non-hydrogen) atoms. The number of para-hydroxylation sites is 2. The monoisotopic (exact) mass is 347 g/mol. The Bertz CT molecular complexity index is 845. The maximum atomic E-state index is 12.3. The predicted molar refractivity (Wildman–Crippen MR) is 101 cm³/mol. The van der Waals surface area contributed by atoms with E-state index in [9.17, 15) is 4.79 Å². The minimum atomic E-state index is -0.119. The number of ether oxygens (including phenoxy) is 2. The van der Waals surface area contributed by atoms with Crippen LogP contribution < -0.4 is 14.8 Å². The number of hydrogen-bond acceptors (Lipinski definition) is 3. The molecule has 0 aliphatic rings. The highest BCUT2D eigenvalue weighted by Gasteiger charge is 2.07. The molecule has 0 fully saturated rings. The second kappa shape index (κ2) is 8.72. The smallest absolute Gasteiger partial charge is 0.251 e. The van der Waals surface area contributed by atoms with Gasteiger partial charge in [-0.3, -0.25) is 4.79 Å². The number of benzene rings is 3. The van der Waals surface area contributed by atoms with Crippen LogP contribution in [0.2, 0.25) is 0 Å². The second-order valence-corrected chi connectivity index (χ2v) is 5.79. The normalized spacial score (nSPS) is 10.2. The van der Waals surface area contributed by atoms with Crippen LogP contribution >= 0.6 is 0 Å². The minimum Gasteiger partial charge on any atom is -0.496 e. The van der Waals surface area contributed by atoms with Gasteiger partial charge < -0.3 is 14.8 Å². The number of amides is 1. The summed E-state index contributed by atoms with van der Waals surface area (Å²) in [5, 5.41) is 2.92. The fourth-order valence-electron chi connectivity index (χ4n) is 2.56. The largest absolute Gasteiger partial charge is 0.496 e. The van der Waals surface area contributed by atoms with Crippen molar-refractivity contribution >= 4 is 5.91 Å². The first-order valence-corrected chi connectivity index (χ1v) is 8.43. The maximum Gasteiger partial charge on any atom is 0.251 e. The molecule has 132 valence electrons. The molecule has 0 aliphatic heterocycles. The molecule has 0 saturated carbocycles. The highest BCUT2D eigenvalue weighted by molar-refractivity contribution is 5.94. The molecule has 0 aromatic heterocycles. The summed E-state index contributed by atoms with van der Waals surface area (Å²) in [6, 6.07) is 24.7. The van der Waals surface area contributed by atoms with E-state index in [1.165, 1.54) is 0 Å². The lowest BCUT2D eigenvalue weighted by Crippen LogP contribution is -2.23. The lowest BCUT2D eigenvalue weighted by Gasteiger charge is -2.10. The first-order chi connectivity index (χ1) is 12.8. The molecule has 0 unspecified atom stereocenters. The van der Waals surface area contributed by atoms with Crippen LogP contribution in [0.3, 0.4) is 0 Å².